The molecule has 1 saturated heterocycles. The molecule has 1 fully saturated rings. The Hall–Kier alpha value is -3.35. The lowest BCUT2D eigenvalue weighted by molar-refractivity contribution is -0.148. The largest absolute Gasteiger partial charge is 0.388 e. The maximum absolute atomic E-state index is 14.4. The predicted molar refractivity (Wildman–Crippen MR) is 210 cm³/mol. The maximum atomic E-state index is 14.4. The summed E-state index contributed by atoms with van der Waals surface area (Å²) in [5.74, 6) is -2.45. The number of amides is 2. The molecular formula is C41H68N6O7. The molecule has 13 heteroatoms. The fourth-order valence-electron chi connectivity index (χ4n) is 8.42. The number of methoxy groups -OCH3 is 2. The fourth-order valence-corrected chi connectivity index (χ4v) is 8.42. The number of hydrogen-bond acceptors (Lipinski definition) is 9. The number of ketones is 2. The van der Waals surface area contributed by atoms with E-state index in [1.807, 2.05) is 90.9 Å². The topological polar surface area (TPSA) is 165 Å². The van der Waals surface area contributed by atoms with E-state index in [0.29, 0.717) is 19.4 Å². The van der Waals surface area contributed by atoms with E-state index in [-0.39, 0.29) is 66.4 Å². The van der Waals surface area contributed by atoms with Crippen molar-refractivity contribution in [2.45, 2.75) is 129 Å². The quantitative estimate of drug-likeness (QED) is 0.0796. The Bertz CT molecular complexity index is 1400. The monoisotopic (exact) mass is 757 g/mol. The van der Waals surface area contributed by atoms with Gasteiger partial charge < -0.3 is 24.4 Å². The van der Waals surface area contributed by atoms with E-state index in [2.05, 4.69) is 10.0 Å². The normalized spacial score (nSPS) is 20.2. The molecule has 1 aliphatic rings. The number of rotatable bonds is 23. The van der Waals surface area contributed by atoms with Crippen LogP contribution in [0.25, 0.3) is 10.4 Å². The number of carbonyl (C=O) groups excluding carboxylic acids is 4. The molecule has 0 aliphatic carbocycles. The van der Waals surface area contributed by atoms with Crippen LogP contribution >= 0.6 is 0 Å². The lowest BCUT2D eigenvalue weighted by Crippen LogP contribution is -2.54. The number of Topliss-reactive ketones (excluding diaryl/α,β-unsaturated/α-hetero) is 2. The van der Waals surface area contributed by atoms with Crippen LogP contribution in [0.1, 0.15) is 98.7 Å². The van der Waals surface area contributed by atoms with Gasteiger partial charge in [-0.25, -0.2) is 0 Å². The molecule has 304 valence electrons. The highest BCUT2D eigenvalue weighted by atomic mass is 16.5. The van der Waals surface area contributed by atoms with Crippen LogP contribution in [0, 0.1) is 29.6 Å². The highest BCUT2D eigenvalue weighted by molar-refractivity contribution is 5.90. The van der Waals surface area contributed by atoms with E-state index in [0.717, 1.165) is 12.0 Å². The van der Waals surface area contributed by atoms with Crippen molar-refractivity contribution >= 4 is 23.4 Å². The molecule has 1 heterocycles. The maximum Gasteiger partial charge on any atom is 0.226 e. The van der Waals surface area contributed by atoms with Crippen LogP contribution in [0.4, 0.5) is 0 Å². The van der Waals surface area contributed by atoms with Crippen LogP contribution < -0.4 is 0 Å². The number of benzene rings is 1. The Morgan fingerprint density at radius 3 is 2.09 bits per heavy atom. The van der Waals surface area contributed by atoms with Gasteiger partial charge in [0.2, 0.25) is 11.8 Å². The highest BCUT2D eigenvalue weighted by Crippen LogP contribution is 2.32. The van der Waals surface area contributed by atoms with Gasteiger partial charge in [0.05, 0.1) is 48.8 Å². The Labute approximate surface area is 323 Å². The van der Waals surface area contributed by atoms with Crippen LogP contribution in [-0.2, 0) is 28.7 Å². The van der Waals surface area contributed by atoms with Crippen LogP contribution in [0.5, 0.6) is 0 Å². The third-order valence-electron chi connectivity index (χ3n) is 11.6. The second-order valence-electron chi connectivity index (χ2n) is 16.0. The molecule has 0 spiro atoms. The first-order chi connectivity index (χ1) is 25.5. The summed E-state index contributed by atoms with van der Waals surface area (Å²) < 4.78 is 12.0. The molecule has 0 bridgehead atoms. The Kier molecular flexibility index (Phi) is 19.3. The van der Waals surface area contributed by atoms with Crippen molar-refractivity contribution in [3.05, 3.63) is 46.3 Å². The van der Waals surface area contributed by atoms with Gasteiger partial charge >= 0.3 is 0 Å². The van der Waals surface area contributed by atoms with Gasteiger partial charge in [0.25, 0.3) is 0 Å². The lowest BCUT2D eigenvalue weighted by atomic mass is 9.85. The molecule has 11 atom stereocenters. The van der Waals surface area contributed by atoms with E-state index in [1.54, 1.807) is 30.9 Å². The summed E-state index contributed by atoms with van der Waals surface area (Å²) in [7, 11) is 8.43. The Morgan fingerprint density at radius 1 is 0.944 bits per heavy atom. The molecule has 0 unspecified atom stereocenters. The number of hydrogen-bond donors (Lipinski definition) is 1. The summed E-state index contributed by atoms with van der Waals surface area (Å²) in [6.07, 6.45) is 0.171. The Morgan fingerprint density at radius 2 is 1.57 bits per heavy atom. The number of azide groups is 1. The van der Waals surface area contributed by atoms with Crippen molar-refractivity contribution in [3.8, 4) is 0 Å². The summed E-state index contributed by atoms with van der Waals surface area (Å²) in [6, 6.07) is 7.24. The van der Waals surface area contributed by atoms with Gasteiger partial charge in [0.15, 0.2) is 5.78 Å². The molecule has 2 rings (SSSR count). The van der Waals surface area contributed by atoms with Gasteiger partial charge in [-0.05, 0) is 55.8 Å². The van der Waals surface area contributed by atoms with Crippen LogP contribution in [0.15, 0.2) is 35.4 Å². The van der Waals surface area contributed by atoms with Crippen molar-refractivity contribution in [2.24, 2.45) is 34.7 Å². The fraction of sp³-hybridized carbons (Fsp3) is 0.756. The third-order valence-corrected chi connectivity index (χ3v) is 11.6. The minimum absolute atomic E-state index is 0.00968. The highest BCUT2D eigenvalue weighted by Gasteiger charge is 2.43. The second kappa shape index (κ2) is 22.3. The molecule has 13 nitrogen and oxygen atoms in total. The van der Waals surface area contributed by atoms with E-state index in [1.165, 1.54) is 7.11 Å². The average Bonchev–Trinajstić information content (AvgIpc) is 3.62. The zero-order chi connectivity index (χ0) is 40.9. The molecule has 1 aromatic rings. The zero-order valence-corrected chi connectivity index (χ0v) is 34.8. The van der Waals surface area contributed by atoms with Gasteiger partial charge in [-0.3, -0.25) is 24.1 Å². The van der Waals surface area contributed by atoms with Crippen LogP contribution in [-0.4, -0.2) is 121 Å². The molecular weight excluding hydrogens is 688 g/mol. The third kappa shape index (κ3) is 12.1. The second-order valence-corrected chi connectivity index (χ2v) is 16.0. The van der Waals surface area contributed by atoms with Gasteiger partial charge in [-0.1, -0.05) is 90.3 Å². The van der Waals surface area contributed by atoms with Crippen LogP contribution in [0.2, 0.25) is 0 Å². The summed E-state index contributed by atoms with van der Waals surface area (Å²) in [6.45, 7) is 13.8. The number of likely N-dealkylation sites (tertiary alicyclic amines) is 1. The lowest BCUT2D eigenvalue weighted by Gasteiger charge is -2.41. The zero-order valence-electron chi connectivity index (χ0n) is 34.8. The molecule has 1 aromatic carbocycles. The van der Waals surface area contributed by atoms with E-state index in [4.69, 9.17) is 9.47 Å². The van der Waals surface area contributed by atoms with Crippen LogP contribution in [0.3, 0.4) is 0 Å². The molecule has 54 heavy (non-hydrogen) atoms. The van der Waals surface area contributed by atoms with Crippen molar-refractivity contribution < 1.29 is 33.8 Å². The number of ether oxygens (including phenoxy) is 2. The summed E-state index contributed by atoms with van der Waals surface area (Å²) >= 11 is 0. The van der Waals surface area contributed by atoms with Gasteiger partial charge in [-0.15, -0.1) is 0 Å². The molecule has 0 saturated carbocycles. The molecule has 1 aliphatic heterocycles. The van der Waals surface area contributed by atoms with Crippen molar-refractivity contribution in [1.29, 1.82) is 0 Å². The van der Waals surface area contributed by atoms with Gasteiger partial charge in [0.1, 0.15) is 5.78 Å². The van der Waals surface area contributed by atoms with E-state index >= 15 is 0 Å². The smallest absolute Gasteiger partial charge is 0.226 e. The number of carbonyl (C=O) groups is 4. The molecule has 2 amide bonds. The minimum Gasteiger partial charge on any atom is -0.388 e. The number of aliphatic hydroxyl groups excluding tert-OH is 1. The first kappa shape index (κ1) is 46.8. The van der Waals surface area contributed by atoms with E-state index < -0.39 is 48.3 Å². The predicted octanol–water partition coefficient (Wildman–Crippen LogP) is 6.10. The standard InChI is InChI=1S/C41H68N6O7/c1-13-26(4)38(46(10)41(52)31(29(7)43-44-42)23-34(49)37(25(2)3)45(8)9)35(53-11)24-36(50)47-21-17-20-32(47)40(54-12)28(6)33(48)22-27(5)39(51)30-18-15-14-16-19-30/h14-16,18-19,25-29,31-32,35,37-40,51H,13,17,20-24H2,1-12H3/t26-,27-,28-,29-,31+,32-,35+,37-,38-,39+,40+/m0/s1. The number of likely N-dealkylation sites (N-methyl/N-ethyl adjacent to an activating group) is 2. The summed E-state index contributed by atoms with van der Waals surface area (Å²) in [4.78, 5) is 63.9. The van der Waals surface area contributed by atoms with E-state index in [9.17, 15) is 29.8 Å². The molecule has 0 aromatic heterocycles. The van der Waals surface area contributed by atoms with Gasteiger partial charge in [0, 0.05) is 57.5 Å². The minimum atomic E-state index is -0.902. The van der Waals surface area contributed by atoms with Crippen molar-refractivity contribution in [1.82, 2.24) is 14.7 Å². The summed E-state index contributed by atoms with van der Waals surface area (Å²) in [5, 5.41) is 14.7. The summed E-state index contributed by atoms with van der Waals surface area (Å²) in [5.41, 5.74) is 10.0. The Balaban J connectivity index is 2.31. The SMILES string of the molecule is CC[C@H](C)[C@@H]([C@@H](CC(=O)N1CCC[C@H]1[C@H](OC)[C@@H](C)C(=O)C[C@H](C)[C@@H](O)c1ccccc1)OC)N(C)C(=O)[C@H](CC(=O)[C@H](C(C)C)N(C)C)[C@H](C)N=[N+]=[N-]. The average molecular weight is 757 g/mol. The molecule has 0 radical (unpaired) electrons. The number of aliphatic hydroxyl groups is 1. The van der Waals surface area contributed by atoms with Crippen molar-refractivity contribution in [3.63, 3.8) is 0 Å². The van der Waals surface area contributed by atoms with Crippen molar-refractivity contribution in [2.75, 3.05) is 41.9 Å². The molecule has 1 N–H and O–H groups in total. The van der Waals surface area contributed by atoms with Gasteiger partial charge in [-0.2, -0.15) is 0 Å². The first-order valence-electron chi connectivity index (χ1n) is 19.6. The first-order valence-corrected chi connectivity index (χ1v) is 19.6. The number of nitrogens with zero attached hydrogens (tertiary/aromatic N) is 6.